The Hall–Kier alpha value is -1.54. The van der Waals surface area contributed by atoms with Crippen LogP contribution in [-0.2, 0) is 4.74 Å². The van der Waals surface area contributed by atoms with E-state index in [0.717, 1.165) is 25.9 Å². The molecule has 112 valence electrons. The molecule has 1 aliphatic heterocycles. The Morgan fingerprint density at radius 1 is 1.48 bits per heavy atom. The van der Waals surface area contributed by atoms with Gasteiger partial charge in [0.15, 0.2) is 0 Å². The standard InChI is InChI=1S/C16H19ClN2O2/c17-15-10-13(7-6-12(15)4-3-8-18)16(20)19-11-14-5-1-2-9-21-14/h6-7,10,14H,1-2,5,8-9,11,18H2,(H,19,20). The molecule has 1 fully saturated rings. The summed E-state index contributed by atoms with van der Waals surface area (Å²) < 4.78 is 5.58. The van der Waals surface area contributed by atoms with E-state index in [0.29, 0.717) is 22.7 Å². The Kier molecular flexibility index (Phi) is 6.06. The molecule has 0 aliphatic carbocycles. The van der Waals surface area contributed by atoms with Crippen molar-refractivity contribution in [2.24, 2.45) is 5.73 Å². The number of hydrogen-bond donors (Lipinski definition) is 2. The summed E-state index contributed by atoms with van der Waals surface area (Å²) in [6.45, 7) is 1.59. The van der Waals surface area contributed by atoms with Crippen LogP contribution in [0.5, 0.6) is 0 Å². The van der Waals surface area contributed by atoms with Gasteiger partial charge in [0.05, 0.1) is 17.7 Å². The van der Waals surface area contributed by atoms with E-state index in [-0.39, 0.29) is 18.6 Å². The third-order valence-electron chi connectivity index (χ3n) is 3.32. The van der Waals surface area contributed by atoms with Gasteiger partial charge in [0.2, 0.25) is 0 Å². The maximum absolute atomic E-state index is 12.1. The first-order chi connectivity index (χ1) is 10.2. The van der Waals surface area contributed by atoms with Gasteiger partial charge in [-0.05, 0) is 37.5 Å². The van der Waals surface area contributed by atoms with Gasteiger partial charge < -0.3 is 15.8 Å². The minimum atomic E-state index is -0.149. The Morgan fingerprint density at radius 3 is 3.00 bits per heavy atom. The molecule has 1 saturated heterocycles. The van der Waals surface area contributed by atoms with E-state index in [4.69, 9.17) is 22.1 Å². The molecule has 1 aliphatic rings. The lowest BCUT2D eigenvalue weighted by Gasteiger charge is -2.22. The van der Waals surface area contributed by atoms with Crippen LogP contribution in [0.3, 0.4) is 0 Å². The molecule has 1 unspecified atom stereocenters. The topological polar surface area (TPSA) is 64.4 Å². The number of halogens is 1. The second kappa shape index (κ2) is 8.04. The molecule has 1 aromatic rings. The molecular weight excluding hydrogens is 288 g/mol. The van der Waals surface area contributed by atoms with Gasteiger partial charge in [-0.25, -0.2) is 0 Å². The fraction of sp³-hybridized carbons (Fsp3) is 0.438. The number of nitrogens with two attached hydrogens (primary N) is 1. The minimum Gasteiger partial charge on any atom is -0.376 e. The molecule has 0 saturated carbocycles. The summed E-state index contributed by atoms with van der Waals surface area (Å²) in [6, 6.07) is 5.07. The molecule has 21 heavy (non-hydrogen) atoms. The number of amides is 1. The van der Waals surface area contributed by atoms with Crippen molar-refractivity contribution < 1.29 is 9.53 Å². The van der Waals surface area contributed by atoms with Crippen LogP contribution >= 0.6 is 11.6 Å². The number of hydrogen-bond acceptors (Lipinski definition) is 3. The molecule has 0 spiro atoms. The molecule has 2 rings (SSSR count). The Morgan fingerprint density at radius 2 is 2.33 bits per heavy atom. The van der Waals surface area contributed by atoms with Gasteiger partial charge in [-0.3, -0.25) is 4.79 Å². The van der Waals surface area contributed by atoms with E-state index in [9.17, 15) is 4.79 Å². The number of carbonyl (C=O) groups excluding carboxylic acids is 1. The number of ether oxygens (including phenoxy) is 1. The molecule has 1 aromatic carbocycles. The number of nitrogens with one attached hydrogen (secondary N) is 1. The average Bonchev–Trinajstić information content (AvgIpc) is 2.52. The molecular formula is C16H19ClN2O2. The van der Waals surface area contributed by atoms with Crippen molar-refractivity contribution in [2.75, 3.05) is 19.7 Å². The second-order valence-electron chi connectivity index (χ2n) is 4.90. The summed E-state index contributed by atoms with van der Waals surface area (Å²) in [5.74, 6) is 5.45. The fourth-order valence-electron chi connectivity index (χ4n) is 2.18. The second-order valence-corrected chi connectivity index (χ2v) is 5.31. The van der Waals surface area contributed by atoms with Gasteiger partial charge in [-0.15, -0.1) is 0 Å². The maximum atomic E-state index is 12.1. The van der Waals surface area contributed by atoms with Crippen LogP contribution in [0.15, 0.2) is 18.2 Å². The minimum absolute atomic E-state index is 0.118. The van der Waals surface area contributed by atoms with Crippen LogP contribution < -0.4 is 11.1 Å². The maximum Gasteiger partial charge on any atom is 0.251 e. The molecule has 1 heterocycles. The van der Waals surface area contributed by atoms with Crippen LogP contribution in [0.25, 0.3) is 0 Å². The van der Waals surface area contributed by atoms with Crippen molar-refractivity contribution in [1.29, 1.82) is 0 Å². The number of carbonyl (C=O) groups is 1. The van der Waals surface area contributed by atoms with E-state index in [1.54, 1.807) is 18.2 Å². The molecule has 3 N–H and O–H groups in total. The summed E-state index contributed by atoms with van der Waals surface area (Å²) in [5, 5.41) is 3.34. The van der Waals surface area contributed by atoms with Crippen LogP contribution in [0.2, 0.25) is 5.02 Å². The Labute approximate surface area is 130 Å². The SMILES string of the molecule is NCC#Cc1ccc(C(=O)NCC2CCCCO2)cc1Cl. The largest absolute Gasteiger partial charge is 0.376 e. The Balaban J connectivity index is 1.94. The zero-order chi connectivity index (χ0) is 15.1. The quantitative estimate of drug-likeness (QED) is 0.839. The van der Waals surface area contributed by atoms with Crippen LogP contribution in [0, 0.1) is 11.8 Å². The van der Waals surface area contributed by atoms with E-state index in [2.05, 4.69) is 17.2 Å². The normalized spacial score (nSPS) is 17.7. The molecule has 5 heteroatoms. The van der Waals surface area contributed by atoms with E-state index in [1.165, 1.54) is 0 Å². The highest BCUT2D eigenvalue weighted by Gasteiger charge is 2.15. The summed E-state index contributed by atoms with van der Waals surface area (Å²) >= 11 is 6.11. The summed E-state index contributed by atoms with van der Waals surface area (Å²) in [4.78, 5) is 12.1. The van der Waals surface area contributed by atoms with Gasteiger partial charge in [0.25, 0.3) is 5.91 Å². The highest BCUT2D eigenvalue weighted by atomic mass is 35.5. The molecule has 0 radical (unpaired) electrons. The summed E-state index contributed by atoms with van der Waals surface area (Å²) in [6.07, 6.45) is 3.37. The molecule has 1 amide bonds. The van der Waals surface area contributed by atoms with Gasteiger partial charge in [-0.1, -0.05) is 23.4 Å². The smallest absolute Gasteiger partial charge is 0.251 e. The van der Waals surface area contributed by atoms with Crippen molar-refractivity contribution >= 4 is 17.5 Å². The predicted molar refractivity (Wildman–Crippen MR) is 83.3 cm³/mol. The predicted octanol–water partition coefficient (Wildman–Crippen LogP) is 1.95. The van der Waals surface area contributed by atoms with E-state index < -0.39 is 0 Å². The lowest BCUT2D eigenvalue weighted by molar-refractivity contribution is 0.0169. The summed E-state index contributed by atoms with van der Waals surface area (Å²) in [7, 11) is 0. The number of benzene rings is 1. The van der Waals surface area contributed by atoms with Gasteiger partial charge in [0, 0.05) is 24.3 Å². The van der Waals surface area contributed by atoms with Gasteiger partial charge in [0.1, 0.15) is 0 Å². The fourth-order valence-corrected chi connectivity index (χ4v) is 2.41. The number of rotatable bonds is 3. The molecule has 1 atom stereocenters. The lowest BCUT2D eigenvalue weighted by atomic mass is 10.1. The third kappa shape index (κ3) is 4.75. The molecule has 4 nitrogen and oxygen atoms in total. The van der Waals surface area contributed by atoms with E-state index >= 15 is 0 Å². The zero-order valence-electron chi connectivity index (χ0n) is 11.8. The van der Waals surface area contributed by atoms with Crippen molar-refractivity contribution in [1.82, 2.24) is 5.32 Å². The van der Waals surface area contributed by atoms with Crippen LogP contribution in [0.1, 0.15) is 35.2 Å². The van der Waals surface area contributed by atoms with Crippen molar-refractivity contribution in [3.05, 3.63) is 34.3 Å². The monoisotopic (exact) mass is 306 g/mol. The van der Waals surface area contributed by atoms with Crippen LogP contribution in [-0.4, -0.2) is 31.7 Å². The van der Waals surface area contributed by atoms with Crippen molar-refractivity contribution in [2.45, 2.75) is 25.4 Å². The Bertz CT molecular complexity index is 557. The third-order valence-corrected chi connectivity index (χ3v) is 3.63. The van der Waals surface area contributed by atoms with Crippen molar-refractivity contribution in [3.63, 3.8) is 0 Å². The first-order valence-electron chi connectivity index (χ1n) is 7.09. The molecule has 0 aromatic heterocycles. The van der Waals surface area contributed by atoms with Crippen molar-refractivity contribution in [3.8, 4) is 11.8 Å². The van der Waals surface area contributed by atoms with Crippen LogP contribution in [0.4, 0.5) is 0 Å². The van der Waals surface area contributed by atoms with E-state index in [1.807, 2.05) is 0 Å². The zero-order valence-corrected chi connectivity index (χ0v) is 12.6. The first kappa shape index (κ1) is 15.8. The average molecular weight is 307 g/mol. The highest BCUT2D eigenvalue weighted by Crippen LogP contribution is 2.17. The first-order valence-corrected chi connectivity index (χ1v) is 7.47. The lowest BCUT2D eigenvalue weighted by Crippen LogP contribution is -2.35. The van der Waals surface area contributed by atoms with Gasteiger partial charge in [-0.2, -0.15) is 0 Å². The summed E-state index contributed by atoms with van der Waals surface area (Å²) in [5.41, 5.74) is 6.52. The molecule has 0 bridgehead atoms. The van der Waals surface area contributed by atoms with Gasteiger partial charge >= 0.3 is 0 Å². The highest BCUT2D eigenvalue weighted by molar-refractivity contribution is 6.32.